The van der Waals surface area contributed by atoms with Gasteiger partial charge in [-0.05, 0) is 49.6 Å². The Morgan fingerprint density at radius 1 is 1.36 bits per heavy atom. The third-order valence-corrected chi connectivity index (χ3v) is 4.42. The summed E-state index contributed by atoms with van der Waals surface area (Å²) >= 11 is 1.52. The number of hydrogen-bond donors (Lipinski definition) is 3. The van der Waals surface area contributed by atoms with Crippen molar-refractivity contribution < 1.29 is 19.1 Å². The number of carbonyl (C=O) groups is 2. The molecular formula is C17H20FN3O3S. The highest BCUT2D eigenvalue weighted by Gasteiger charge is 2.22. The summed E-state index contributed by atoms with van der Waals surface area (Å²) in [6, 6.07) is 4.91. The summed E-state index contributed by atoms with van der Waals surface area (Å²) in [4.78, 5) is 23.5. The molecular weight excluding hydrogens is 345 g/mol. The summed E-state index contributed by atoms with van der Waals surface area (Å²) in [7, 11) is 0. The average molecular weight is 365 g/mol. The molecule has 0 aliphatic carbocycles. The number of aliphatic carboxylic acids is 1. The summed E-state index contributed by atoms with van der Waals surface area (Å²) in [5, 5.41) is 18.8. The standard InChI is InChI=1S/C17H20FN3O3S/c1-10-13(9-15(22)19-14(17(23)24)7-8-25-2)16(21-20-10)11-3-5-12(18)6-4-11/h3-6,14H,7-9H2,1-2H3,(H,19,22)(H,20,21)(H,23,24). The van der Waals surface area contributed by atoms with Gasteiger partial charge in [-0.2, -0.15) is 16.9 Å². The average Bonchev–Trinajstić information content (AvgIpc) is 2.93. The van der Waals surface area contributed by atoms with Gasteiger partial charge < -0.3 is 10.4 Å². The Morgan fingerprint density at radius 3 is 2.64 bits per heavy atom. The molecule has 1 aromatic carbocycles. The normalized spacial score (nSPS) is 12.0. The van der Waals surface area contributed by atoms with Crippen LogP contribution in [0.3, 0.4) is 0 Å². The Bertz CT molecular complexity index is 746. The first-order chi connectivity index (χ1) is 11.9. The number of rotatable bonds is 8. The van der Waals surface area contributed by atoms with Gasteiger partial charge >= 0.3 is 5.97 Å². The van der Waals surface area contributed by atoms with Gasteiger partial charge in [-0.25, -0.2) is 9.18 Å². The van der Waals surface area contributed by atoms with E-state index in [0.717, 1.165) is 0 Å². The van der Waals surface area contributed by atoms with Crippen LogP contribution in [-0.2, 0) is 16.0 Å². The Hall–Kier alpha value is -2.35. The van der Waals surface area contributed by atoms with E-state index in [9.17, 15) is 19.1 Å². The van der Waals surface area contributed by atoms with E-state index in [4.69, 9.17) is 0 Å². The third-order valence-electron chi connectivity index (χ3n) is 3.77. The van der Waals surface area contributed by atoms with Gasteiger partial charge in [-0.1, -0.05) is 0 Å². The number of H-pyrrole nitrogens is 1. The summed E-state index contributed by atoms with van der Waals surface area (Å²) in [5.74, 6) is -1.15. The van der Waals surface area contributed by atoms with Crippen LogP contribution < -0.4 is 5.32 Å². The van der Waals surface area contributed by atoms with Gasteiger partial charge in [0, 0.05) is 16.8 Å². The quantitative estimate of drug-likeness (QED) is 0.668. The van der Waals surface area contributed by atoms with Crippen LogP contribution in [0, 0.1) is 12.7 Å². The molecule has 0 aliphatic heterocycles. The molecule has 0 spiro atoms. The largest absolute Gasteiger partial charge is 0.480 e. The van der Waals surface area contributed by atoms with Crippen molar-refractivity contribution in [3.8, 4) is 11.3 Å². The zero-order valence-electron chi connectivity index (χ0n) is 14.0. The predicted octanol–water partition coefficient (Wildman–Crippen LogP) is 2.39. The molecule has 0 saturated heterocycles. The zero-order chi connectivity index (χ0) is 18.4. The number of aromatic amines is 1. The third kappa shape index (κ3) is 5.06. The van der Waals surface area contributed by atoms with E-state index >= 15 is 0 Å². The van der Waals surface area contributed by atoms with Crippen LogP contribution >= 0.6 is 11.8 Å². The number of benzene rings is 1. The molecule has 0 radical (unpaired) electrons. The van der Waals surface area contributed by atoms with Crippen molar-refractivity contribution in [1.29, 1.82) is 0 Å². The smallest absolute Gasteiger partial charge is 0.326 e. The van der Waals surface area contributed by atoms with Crippen molar-refractivity contribution in [1.82, 2.24) is 15.5 Å². The first-order valence-corrected chi connectivity index (χ1v) is 9.12. The fraction of sp³-hybridized carbons (Fsp3) is 0.353. The Kier molecular flexibility index (Phi) is 6.58. The first kappa shape index (κ1) is 19.0. The van der Waals surface area contributed by atoms with E-state index in [-0.39, 0.29) is 18.1 Å². The highest BCUT2D eigenvalue weighted by Crippen LogP contribution is 2.24. The maximum Gasteiger partial charge on any atom is 0.326 e. The van der Waals surface area contributed by atoms with E-state index in [1.54, 1.807) is 19.1 Å². The van der Waals surface area contributed by atoms with Crippen molar-refractivity contribution in [2.45, 2.75) is 25.8 Å². The number of halogens is 1. The number of carbonyl (C=O) groups excluding carboxylic acids is 1. The van der Waals surface area contributed by atoms with Crippen LogP contribution in [-0.4, -0.2) is 45.2 Å². The molecule has 8 heteroatoms. The van der Waals surface area contributed by atoms with Gasteiger partial charge in [0.2, 0.25) is 5.91 Å². The van der Waals surface area contributed by atoms with E-state index < -0.39 is 12.0 Å². The number of amides is 1. The van der Waals surface area contributed by atoms with Gasteiger partial charge in [0.05, 0.1) is 12.1 Å². The van der Waals surface area contributed by atoms with Crippen LogP contribution in [0.4, 0.5) is 4.39 Å². The number of aryl methyl sites for hydroxylation is 1. The number of thioether (sulfide) groups is 1. The molecule has 1 aromatic heterocycles. The number of hydrogen-bond acceptors (Lipinski definition) is 4. The second kappa shape index (κ2) is 8.66. The molecule has 134 valence electrons. The molecule has 0 aliphatic rings. The minimum absolute atomic E-state index is 0.00189. The Balaban J connectivity index is 2.14. The lowest BCUT2D eigenvalue weighted by Crippen LogP contribution is -2.42. The van der Waals surface area contributed by atoms with Crippen LogP contribution in [0.2, 0.25) is 0 Å². The van der Waals surface area contributed by atoms with Crippen molar-refractivity contribution in [2.24, 2.45) is 0 Å². The Labute approximate surface area is 149 Å². The molecule has 6 nitrogen and oxygen atoms in total. The molecule has 0 bridgehead atoms. The van der Waals surface area contributed by atoms with E-state index in [1.807, 2.05) is 6.26 Å². The number of carboxylic acids is 1. The van der Waals surface area contributed by atoms with E-state index in [0.29, 0.717) is 34.7 Å². The maximum atomic E-state index is 13.1. The molecule has 3 N–H and O–H groups in total. The molecule has 25 heavy (non-hydrogen) atoms. The van der Waals surface area contributed by atoms with E-state index in [1.165, 1.54) is 23.9 Å². The molecule has 0 saturated carbocycles. The number of carboxylic acid groups (broad SMARTS) is 1. The summed E-state index contributed by atoms with van der Waals surface area (Å²) in [6.07, 6.45) is 2.24. The first-order valence-electron chi connectivity index (χ1n) is 7.73. The lowest BCUT2D eigenvalue weighted by molar-refractivity contribution is -0.141. The Morgan fingerprint density at radius 2 is 2.04 bits per heavy atom. The predicted molar refractivity (Wildman–Crippen MR) is 95.0 cm³/mol. The molecule has 1 heterocycles. The van der Waals surface area contributed by atoms with Gasteiger partial charge in [0.15, 0.2) is 0 Å². The molecule has 1 atom stereocenters. The molecule has 1 amide bonds. The fourth-order valence-electron chi connectivity index (χ4n) is 2.41. The topological polar surface area (TPSA) is 95.1 Å². The van der Waals surface area contributed by atoms with Crippen LogP contribution in [0.5, 0.6) is 0 Å². The number of nitrogens with one attached hydrogen (secondary N) is 2. The molecule has 2 aromatic rings. The van der Waals surface area contributed by atoms with Crippen molar-refractivity contribution in [2.75, 3.05) is 12.0 Å². The monoisotopic (exact) mass is 365 g/mol. The van der Waals surface area contributed by atoms with Crippen molar-refractivity contribution in [3.05, 3.63) is 41.3 Å². The summed E-state index contributed by atoms with van der Waals surface area (Å²) in [6.45, 7) is 1.78. The van der Waals surface area contributed by atoms with Crippen molar-refractivity contribution in [3.63, 3.8) is 0 Å². The summed E-state index contributed by atoms with van der Waals surface area (Å²) in [5.41, 5.74) is 2.62. The van der Waals surface area contributed by atoms with Crippen LogP contribution in [0.1, 0.15) is 17.7 Å². The van der Waals surface area contributed by atoms with E-state index in [2.05, 4.69) is 15.5 Å². The minimum Gasteiger partial charge on any atom is -0.480 e. The van der Waals surface area contributed by atoms with Gasteiger partial charge in [-0.3, -0.25) is 9.89 Å². The van der Waals surface area contributed by atoms with Gasteiger partial charge in [0.25, 0.3) is 0 Å². The summed E-state index contributed by atoms with van der Waals surface area (Å²) < 4.78 is 13.1. The zero-order valence-corrected chi connectivity index (χ0v) is 14.8. The highest BCUT2D eigenvalue weighted by molar-refractivity contribution is 7.98. The maximum absolute atomic E-state index is 13.1. The molecule has 0 fully saturated rings. The SMILES string of the molecule is CSCCC(NC(=O)Cc1c(-c2ccc(F)cc2)n[nH]c1C)C(=O)O. The molecule has 2 rings (SSSR count). The van der Waals surface area contributed by atoms with Gasteiger partial charge in [0.1, 0.15) is 11.9 Å². The second-order valence-electron chi connectivity index (χ2n) is 5.60. The molecule has 1 unspecified atom stereocenters. The lowest BCUT2D eigenvalue weighted by Gasteiger charge is -2.14. The fourth-order valence-corrected chi connectivity index (χ4v) is 2.89. The minimum atomic E-state index is -1.05. The second-order valence-corrected chi connectivity index (χ2v) is 6.58. The number of nitrogens with zero attached hydrogens (tertiary/aromatic N) is 1. The van der Waals surface area contributed by atoms with Crippen LogP contribution in [0.25, 0.3) is 11.3 Å². The lowest BCUT2D eigenvalue weighted by atomic mass is 10.0. The van der Waals surface area contributed by atoms with Gasteiger partial charge in [-0.15, -0.1) is 0 Å². The van der Waals surface area contributed by atoms with Crippen molar-refractivity contribution >= 4 is 23.6 Å². The highest BCUT2D eigenvalue weighted by atomic mass is 32.2. The number of aromatic nitrogens is 2. The van der Waals surface area contributed by atoms with Crippen LogP contribution in [0.15, 0.2) is 24.3 Å².